The molecule has 0 heterocycles. The number of aryl methyl sites for hydroxylation is 1. The molecule has 2 amide bonds. The average molecular weight is 340 g/mol. The number of hydrogen-bond donors (Lipinski definition) is 2. The first-order valence-corrected chi connectivity index (χ1v) is 8.41. The molecule has 5 nitrogen and oxygen atoms in total. The van der Waals surface area contributed by atoms with Crippen molar-refractivity contribution in [3.8, 4) is 5.75 Å². The van der Waals surface area contributed by atoms with Crippen molar-refractivity contribution in [1.29, 1.82) is 0 Å². The van der Waals surface area contributed by atoms with Crippen molar-refractivity contribution in [2.75, 3.05) is 13.2 Å². The lowest BCUT2D eigenvalue weighted by Gasteiger charge is -2.15. The minimum absolute atomic E-state index is 0.0750. The standard InChI is InChI=1S/C20H24N2O3/c1-3-16-9-11-17(12-10-16)15(2)22-19(23)13-21-20(24)14-25-18-7-5-4-6-8-18/h4-12,15H,3,13-14H2,1-2H3,(H,21,24)(H,22,23). The first-order chi connectivity index (χ1) is 12.1. The fourth-order valence-corrected chi connectivity index (χ4v) is 2.31. The van der Waals surface area contributed by atoms with Crippen LogP contribution < -0.4 is 15.4 Å². The van der Waals surface area contributed by atoms with E-state index in [9.17, 15) is 9.59 Å². The molecule has 2 aromatic carbocycles. The van der Waals surface area contributed by atoms with Gasteiger partial charge in [-0.05, 0) is 36.6 Å². The van der Waals surface area contributed by atoms with Crippen LogP contribution in [0.3, 0.4) is 0 Å². The minimum atomic E-state index is -0.334. The molecular weight excluding hydrogens is 316 g/mol. The zero-order valence-corrected chi connectivity index (χ0v) is 14.6. The SMILES string of the molecule is CCc1ccc(C(C)NC(=O)CNC(=O)COc2ccccc2)cc1. The fraction of sp³-hybridized carbons (Fsp3) is 0.300. The van der Waals surface area contributed by atoms with E-state index in [1.54, 1.807) is 12.1 Å². The van der Waals surface area contributed by atoms with Gasteiger partial charge < -0.3 is 15.4 Å². The third-order valence-electron chi connectivity index (χ3n) is 3.82. The van der Waals surface area contributed by atoms with E-state index in [1.807, 2.05) is 37.3 Å². The van der Waals surface area contributed by atoms with E-state index in [2.05, 4.69) is 29.7 Å². The van der Waals surface area contributed by atoms with Crippen LogP contribution in [0.4, 0.5) is 0 Å². The zero-order chi connectivity index (χ0) is 18.1. The number of benzene rings is 2. The van der Waals surface area contributed by atoms with Crippen LogP contribution >= 0.6 is 0 Å². The van der Waals surface area contributed by atoms with E-state index in [4.69, 9.17) is 4.74 Å². The molecule has 0 aliphatic heterocycles. The van der Waals surface area contributed by atoms with Crippen LogP contribution in [0.15, 0.2) is 54.6 Å². The molecule has 0 fully saturated rings. The minimum Gasteiger partial charge on any atom is -0.484 e. The number of carbonyl (C=O) groups excluding carboxylic acids is 2. The van der Waals surface area contributed by atoms with Gasteiger partial charge in [-0.15, -0.1) is 0 Å². The Labute approximate surface area is 148 Å². The monoisotopic (exact) mass is 340 g/mol. The Balaban J connectivity index is 1.71. The molecule has 0 radical (unpaired) electrons. The average Bonchev–Trinajstić information content (AvgIpc) is 2.65. The molecule has 132 valence electrons. The number of nitrogens with one attached hydrogen (secondary N) is 2. The number of amides is 2. The van der Waals surface area contributed by atoms with Crippen LogP contribution in [-0.2, 0) is 16.0 Å². The fourth-order valence-electron chi connectivity index (χ4n) is 2.31. The Hall–Kier alpha value is -2.82. The maximum absolute atomic E-state index is 12.0. The number of carbonyl (C=O) groups is 2. The Morgan fingerprint density at radius 2 is 1.68 bits per heavy atom. The van der Waals surface area contributed by atoms with E-state index < -0.39 is 0 Å². The van der Waals surface area contributed by atoms with Crippen LogP contribution in [0, 0.1) is 0 Å². The molecule has 2 aromatic rings. The van der Waals surface area contributed by atoms with Gasteiger partial charge in [0.2, 0.25) is 5.91 Å². The molecule has 1 atom stereocenters. The molecule has 25 heavy (non-hydrogen) atoms. The van der Waals surface area contributed by atoms with Crippen LogP contribution in [-0.4, -0.2) is 25.0 Å². The molecule has 0 aromatic heterocycles. The molecule has 0 aliphatic rings. The second-order valence-corrected chi connectivity index (χ2v) is 5.76. The van der Waals surface area contributed by atoms with E-state index in [0.717, 1.165) is 12.0 Å². The summed E-state index contributed by atoms with van der Waals surface area (Å²) < 4.78 is 5.33. The maximum atomic E-state index is 12.0. The third kappa shape index (κ3) is 6.30. The summed E-state index contributed by atoms with van der Waals surface area (Å²) in [5.74, 6) is 0.0466. The molecule has 2 N–H and O–H groups in total. The predicted octanol–water partition coefficient (Wildman–Crippen LogP) is 2.62. The summed E-state index contributed by atoms with van der Waals surface area (Å²) in [4.78, 5) is 23.7. The predicted molar refractivity (Wildman–Crippen MR) is 97.3 cm³/mol. The first kappa shape index (κ1) is 18.5. The van der Waals surface area contributed by atoms with Crippen molar-refractivity contribution >= 4 is 11.8 Å². The summed E-state index contributed by atoms with van der Waals surface area (Å²) in [6, 6.07) is 17.1. The van der Waals surface area contributed by atoms with Crippen molar-refractivity contribution in [2.45, 2.75) is 26.3 Å². The highest BCUT2D eigenvalue weighted by Crippen LogP contribution is 2.13. The van der Waals surface area contributed by atoms with Crippen molar-refractivity contribution in [3.63, 3.8) is 0 Å². The molecule has 0 spiro atoms. The van der Waals surface area contributed by atoms with Gasteiger partial charge in [0.15, 0.2) is 6.61 Å². The topological polar surface area (TPSA) is 67.4 Å². The Bertz CT molecular complexity index is 684. The molecule has 0 saturated carbocycles. The van der Waals surface area contributed by atoms with Gasteiger partial charge in [0.25, 0.3) is 5.91 Å². The van der Waals surface area contributed by atoms with Crippen molar-refractivity contribution in [1.82, 2.24) is 10.6 Å². The maximum Gasteiger partial charge on any atom is 0.258 e. The van der Waals surface area contributed by atoms with Gasteiger partial charge in [-0.25, -0.2) is 0 Å². The Morgan fingerprint density at radius 1 is 1.00 bits per heavy atom. The number of hydrogen-bond acceptors (Lipinski definition) is 3. The summed E-state index contributed by atoms with van der Waals surface area (Å²) in [7, 11) is 0. The van der Waals surface area contributed by atoms with Gasteiger partial charge in [-0.3, -0.25) is 9.59 Å². The van der Waals surface area contributed by atoms with Crippen molar-refractivity contribution in [2.24, 2.45) is 0 Å². The van der Waals surface area contributed by atoms with E-state index in [1.165, 1.54) is 5.56 Å². The van der Waals surface area contributed by atoms with Crippen molar-refractivity contribution in [3.05, 3.63) is 65.7 Å². The number of rotatable bonds is 8. The van der Waals surface area contributed by atoms with Gasteiger partial charge in [-0.2, -0.15) is 0 Å². The molecule has 0 saturated heterocycles. The molecule has 0 bridgehead atoms. The quantitative estimate of drug-likeness (QED) is 0.776. The summed E-state index contributed by atoms with van der Waals surface area (Å²) >= 11 is 0. The summed E-state index contributed by atoms with van der Waals surface area (Å²) in [5.41, 5.74) is 2.29. The Kier molecular flexibility index (Phi) is 7.01. The summed E-state index contributed by atoms with van der Waals surface area (Å²) in [5, 5.41) is 5.42. The van der Waals surface area contributed by atoms with E-state index in [-0.39, 0.29) is 31.0 Å². The van der Waals surface area contributed by atoms with Crippen LogP contribution in [0.5, 0.6) is 5.75 Å². The van der Waals surface area contributed by atoms with Gasteiger partial charge in [0.1, 0.15) is 5.75 Å². The Morgan fingerprint density at radius 3 is 2.32 bits per heavy atom. The first-order valence-electron chi connectivity index (χ1n) is 8.41. The second kappa shape index (κ2) is 9.47. The largest absolute Gasteiger partial charge is 0.484 e. The van der Waals surface area contributed by atoms with Crippen LogP contribution in [0.2, 0.25) is 0 Å². The molecule has 5 heteroatoms. The highest BCUT2D eigenvalue weighted by molar-refractivity contribution is 5.85. The third-order valence-corrected chi connectivity index (χ3v) is 3.82. The van der Waals surface area contributed by atoms with Gasteiger partial charge >= 0.3 is 0 Å². The molecule has 1 unspecified atom stereocenters. The van der Waals surface area contributed by atoms with E-state index >= 15 is 0 Å². The lowest BCUT2D eigenvalue weighted by atomic mass is 10.1. The normalized spacial score (nSPS) is 11.4. The number of para-hydroxylation sites is 1. The molecular formula is C20H24N2O3. The number of ether oxygens (including phenoxy) is 1. The van der Waals surface area contributed by atoms with Gasteiger partial charge in [-0.1, -0.05) is 49.4 Å². The summed E-state index contributed by atoms with van der Waals surface area (Å²) in [6.45, 7) is 3.82. The van der Waals surface area contributed by atoms with Crippen LogP contribution in [0.1, 0.15) is 31.0 Å². The lowest BCUT2D eigenvalue weighted by Crippen LogP contribution is -2.39. The highest BCUT2D eigenvalue weighted by atomic mass is 16.5. The smallest absolute Gasteiger partial charge is 0.258 e. The lowest BCUT2D eigenvalue weighted by molar-refractivity contribution is -0.127. The summed E-state index contributed by atoms with van der Waals surface area (Å²) in [6.07, 6.45) is 0.984. The highest BCUT2D eigenvalue weighted by Gasteiger charge is 2.11. The zero-order valence-electron chi connectivity index (χ0n) is 14.6. The molecule has 2 rings (SSSR count). The van der Waals surface area contributed by atoms with Gasteiger partial charge in [0.05, 0.1) is 12.6 Å². The van der Waals surface area contributed by atoms with E-state index in [0.29, 0.717) is 5.75 Å². The second-order valence-electron chi connectivity index (χ2n) is 5.76. The molecule has 0 aliphatic carbocycles. The van der Waals surface area contributed by atoms with Gasteiger partial charge in [0, 0.05) is 0 Å². The van der Waals surface area contributed by atoms with Crippen LogP contribution in [0.25, 0.3) is 0 Å². The van der Waals surface area contributed by atoms with Crippen molar-refractivity contribution < 1.29 is 14.3 Å².